The zero-order valence-corrected chi connectivity index (χ0v) is 12.0. The number of nitrogens with one attached hydrogen (secondary N) is 1. The first-order chi connectivity index (χ1) is 9.78. The summed E-state index contributed by atoms with van der Waals surface area (Å²) >= 11 is 0. The second-order valence-corrected chi connectivity index (χ2v) is 5.56. The second kappa shape index (κ2) is 5.83. The van der Waals surface area contributed by atoms with Crippen LogP contribution in [0.15, 0.2) is 24.3 Å². The van der Waals surface area contributed by atoms with Gasteiger partial charge in [-0.3, -0.25) is 4.79 Å². The van der Waals surface area contributed by atoms with E-state index in [1.54, 1.807) is 0 Å². The highest BCUT2D eigenvalue weighted by molar-refractivity contribution is 5.87. The molecule has 2 aliphatic heterocycles. The van der Waals surface area contributed by atoms with Gasteiger partial charge in [-0.05, 0) is 31.4 Å². The van der Waals surface area contributed by atoms with Crippen LogP contribution in [0.1, 0.15) is 25.3 Å². The molecule has 4 heteroatoms. The largest absolute Gasteiger partial charge is 0.377 e. The Bertz CT molecular complexity index is 462. The van der Waals surface area contributed by atoms with E-state index < -0.39 is 0 Å². The quantitative estimate of drug-likeness (QED) is 0.917. The highest BCUT2D eigenvalue weighted by Gasteiger charge is 2.32. The molecular formula is C16H22N2O2. The molecule has 3 rings (SSSR count). The predicted molar refractivity (Wildman–Crippen MR) is 78.8 cm³/mol. The first kappa shape index (κ1) is 13.4. The normalized spacial score (nSPS) is 25.1. The number of likely N-dealkylation sites (tertiary alicyclic amines) is 1. The Morgan fingerprint density at radius 2 is 2.30 bits per heavy atom. The van der Waals surface area contributed by atoms with Gasteiger partial charge in [0, 0.05) is 31.8 Å². The SMILES string of the molecule is CCOC1CCCN(C(=O)C2Cc3ccccc3N2)C1. The van der Waals surface area contributed by atoms with E-state index in [0.29, 0.717) is 0 Å². The van der Waals surface area contributed by atoms with Crippen molar-refractivity contribution in [2.45, 2.75) is 38.3 Å². The zero-order chi connectivity index (χ0) is 13.9. The lowest BCUT2D eigenvalue weighted by Gasteiger charge is -2.34. The maximum atomic E-state index is 12.6. The number of carbonyl (C=O) groups excluding carboxylic acids is 1. The highest BCUT2D eigenvalue weighted by atomic mass is 16.5. The molecule has 20 heavy (non-hydrogen) atoms. The molecule has 1 amide bonds. The van der Waals surface area contributed by atoms with Crippen molar-refractivity contribution >= 4 is 11.6 Å². The van der Waals surface area contributed by atoms with E-state index in [4.69, 9.17) is 4.74 Å². The lowest BCUT2D eigenvalue weighted by Crippen LogP contribution is -2.48. The van der Waals surface area contributed by atoms with Crippen molar-refractivity contribution in [2.24, 2.45) is 0 Å². The second-order valence-electron chi connectivity index (χ2n) is 5.56. The summed E-state index contributed by atoms with van der Waals surface area (Å²) < 4.78 is 5.67. The molecule has 2 heterocycles. The van der Waals surface area contributed by atoms with Crippen LogP contribution in [0.4, 0.5) is 5.69 Å². The fourth-order valence-corrected chi connectivity index (χ4v) is 3.18. The molecule has 2 atom stereocenters. The summed E-state index contributed by atoms with van der Waals surface area (Å²) in [6.45, 7) is 4.33. The summed E-state index contributed by atoms with van der Waals surface area (Å²) in [6.07, 6.45) is 3.11. The predicted octanol–water partition coefficient (Wildman–Crippen LogP) is 2.05. The van der Waals surface area contributed by atoms with Crippen LogP contribution in [0.2, 0.25) is 0 Å². The number of ether oxygens (including phenoxy) is 1. The van der Waals surface area contributed by atoms with Gasteiger partial charge < -0.3 is 15.0 Å². The molecule has 0 saturated carbocycles. The van der Waals surface area contributed by atoms with Crippen molar-refractivity contribution in [1.82, 2.24) is 4.90 Å². The third kappa shape index (κ3) is 2.66. The van der Waals surface area contributed by atoms with Gasteiger partial charge in [0.25, 0.3) is 0 Å². The van der Waals surface area contributed by atoms with Gasteiger partial charge in [0.2, 0.25) is 5.91 Å². The standard InChI is InChI=1S/C16H22N2O2/c1-2-20-13-7-5-9-18(11-13)16(19)15-10-12-6-3-4-8-14(12)17-15/h3-4,6,8,13,15,17H,2,5,7,9-11H2,1H3. The van der Waals surface area contributed by atoms with Crippen LogP contribution >= 0.6 is 0 Å². The van der Waals surface area contributed by atoms with Gasteiger partial charge in [-0.25, -0.2) is 0 Å². The number of carbonyl (C=O) groups is 1. The zero-order valence-electron chi connectivity index (χ0n) is 12.0. The number of hydrogen-bond acceptors (Lipinski definition) is 3. The minimum atomic E-state index is -0.104. The number of piperidine rings is 1. The molecule has 0 bridgehead atoms. The van der Waals surface area contributed by atoms with E-state index in [-0.39, 0.29) is 18.1 Å². The van der Waals surface area contributed by atoms with Gasteiger partial charge >= 0.3 is 0 Å². The van der Waals surface area contributed by atoms with E-state index in [1.165, 1.54) is 5.56 Å². The van der Waals surface area contributed by atoms with Crippen LogP contribution in [-0.4, -0.2) is 42.6 Å². The minimum absolute atomic E-state index is 0.104. The van der Waals surface area contributed by atoms with Crippen molar-refractivity contribution < 1.29 is 9.53 Å². The summed E-state index contributed by atoms with van der Waals surface area (Å²) in [5, 5.41) is 3.35. The van der Waals surface area contributed by atoms with Gasteiger partial charge in [0.15, 0.2) is 0 Å². The Kier molecular flexibility index (Phi) is 3.92. The number of para-hydroxylation sites is 1. The number of amides is 1. The van der Waals surface area contributed by atoms with Gasteiger partial charge in [-0.15, -0.1) is 0 Å². The minimum Gasteiger partial charge on any atom is -0.377 e. The first-order valence-electron chi connectivity index (χ1n) is 7.52. The van der Waals surface area contributed by atoms with Gasteiger partial charge in [-0.1, -0.05) is 18.2 Å². The molecule has 1 N–H and O–H groups in total. The van der Waals surface area contributed by atoms with Gasteiger partial charge in [-0.2, -0.15) is 0 Å². The van der Waals surface area contributed by atoms with Crippen molar-refractivity contribution in [3.05, 3.63) is 29.8 Å². The summed E-state index contributed by atoms with van der Waals surface area (Å²) in [5.74, 6) is 0.214. The summed E-state index contributed by atoms with van der Waals surface area (Å²) in [6, 6.07) is 8.06. The Morgan fingerprint density at radius 1 is 1.45 bits per heavy atom. The first-order valence-corrected chi connectivity index (χ1v) is 7.52. The molecule has 0 spiro atoms. The summed E-state index contributed by atoms with van der Waals surface area (Å²) in [4.78, 5) is 14.6. The van der Waals surface area contributed by atoms with Gasteiger partial charge in [0.05, 0.1) is 6.10 Å². The van der Waals surface area contributed by atoms with Crippen molar-refractivity contribution in [3.63, 3.8) is 0 Å². The monoisotopic (exact) mass is 274 g/mol. The Morgan fingerprint density at radius 3 is 3.10 bits per heavy atom. The molecule has 1 aromatic carbocycles. The van der Waals surface area contributed by atoms with Crippen LogP contribution in [0.3, 0.4) is 0 Å². The van der Waals surface area contributed by atoms with Crippen molar-refractivity contribution in [3.8, 4) is 0 Å². The maximum absolute atomic E-state index is 12.6. The van der Waals surface area contributed by atoms with Crippen LogP contribution in [0, 0.1) is 0 Å². The molecule has 2 aliphatic rings. The Labute approximate surface area is 120 Å². The third-order valence-electron chi connectivity index (χ3n) is 4.16. The number of benzene rings is 1. The number of nitrogens with zero attached hydrogens (tertiary/aromatic N) is 1. The number of fused-ring (bicyclic) bond motifs is 1. The van der Waals surface area contributed by atoms with Crippen molar-refractivity contribution in [1.29, 1.82) is 0 Å². The molecule has 1 fully saturated rings. The smallest absolute Gasteiger partial charge is 0.245 e. The van der Waals surface area contributed by atoms with Gasteiger partial charge in [0.1, 0.15) is 6.04 Å². The van der Waals surface area contributed by atoms with E-state index in [9.17, 15) is 4.79 Å². The molecule has 2 unspecified atom stereocenters. The van der Waals surface area contributed by atoms with Crippen molar-refractivity contribution in [2.75, 3.05) is 25.0 Å². The number of hydrogen-bond donors (Lipinski definition) is 1. The molecule has 0 aromatic heterocycles. The Balaban J connectivity index is 1.63. The average molecular weight is 274 g/mol. The molecular weight excluding hydrogens is 252 g/mol. The molecule has 4 nitrogen and oxygen atoms in total. The molecule has 108 valence electrons. The topological polar surface area (TPSA) is 41.6 Å². The van der Waals surface area contributed by atoms with Crippen LogP contribution in [-0.2, 0) is 16.0 Å². The molecule has 0 radical (unpaired) electrons. The molecule has 0 aliphatic carbocycles. The van der Waals surface area contributed by atoms with Crippen LogP contribution < -0.4 is 5.32 Å². The fourth-order valence-electron chi connectivity index (χ4n) is 3.18. The average Bonchev–Trinajstić information content (AvgIpc) is 2.91. The van der Waals surface area contributed by atoms with E-state index in [1.807, 2.05) is 30.0 Å². The molecule has 1 aromatic rings. The number of rotatable bonds is 3. The fraction of sp³-hybridized carbons (Fsp3) is 0.562. The van der Waals surface area contributed by atoms with Crippen LogP contribution in [0.25, 0.3) is 0 Å². The highest BCUT2D eigenvalue weighted by Crippen LogP contribution is 2.26. The summed E-state index contributed by atoms with van der Waals surface area (Å²) in [7, 11) is 0. The van der Waals surface area contributed by atoms with E-state index in [0.717, 1.165) is 44.6 Å². The lowest BCUT2D eigenvalue weighted by molar-refractivity contribution is -0.135. The third-order valence-corrected chi connectivity index (χ3v) is 4.16. The summed E-state index contributed by atoms with van der Waals surface area (Å²) in [5.41, 5.74) is 2.34. The maximum Gasteiger partial charge on any atom is 0.245 e. The van der Waals surface area contributed by atoms with Crippen LogP contribution in [0.5, 0.6) is 0 Å². The van der Waals surface area contributed by atoms with E-state index >= 15 is 0 Å². The number of anilines is 1. The van der Waals surface area contributed by atoms with E-state index in [2.05, 4.69) is 11.4 Å². The lowest BCUT2D eigenvalue weighted by atomic mass is 10.1. The Hall–Kier alpha value is -1.55. The molecule has 1 saturated heterocycles.